The lowest BCUT2D eigenvalue weighted by molar-refractivity contribution is -0.136. The van der Waals surface area contributed by atoms with Crippen molar-refractivity contribution in [1.29, 1.82) is 0 Å². The standard InChI is InChI=1S/C14H25NO/c1-10-4-6-15(7-5-10)14(16)13-8-11(2)12(3)9-13/h10-13H,4-9H2,1-3H3. The predicted octanol–water partition coefficient (Wildman–Crippen LogP) is 2.93. The van der Waals surface area contributed by atoms with E-state index in [0.717, 1.165) is 43.7 Å². The Hall–Kier alpha value is -0.530. The van der Waals surface area contributed by atoms with Gasteiger partial charge in [0.15, 0.2) is 0 Å². The van der Waals surface area contributed by atoms with E-state index in [4.69, 9.17) is 0 Å². The molecule has 2 fully saturated rings. The summed E-state index contributed by atoms with van der Waals surface area (Å²) in [6.45, 7) is 8.87. The van der Waals surface area contributed by atoms with Crippen molar-refractivity contribution in [2.24, 2.45) is 23.7 Å². The van der Waals surface area contributed by atoms with Crippen molar-refractivity contribution < 1.29 is 4.79 Å². The monoisotopic (exact) mass is 223 g/mol. The minimum absolute atomic E-state index is 0.332. The zero-order valence-electron chi connectivity index (χ0n) is 10.9. The number of carbonyl (C=O) groups is 1. The highest BCUT2D eigenvalue weighted by molar-refractivity contribution is 5.79. The van der Waals surface area contributed by atoms with Crippen LogP contribution < -0.4 is 0 Å². The van der Waals surface area contributed by atoms with Crippen LogP contribution >= 0.6 is 0 Å². The average molecular weight is 223 g/mol. The largest absolute Gasteiger partial charge is 0.342 e. The van der Waals surface area contributed by atoms with Crippen LogP contribution in [0.5, 0.6) is 0 Å². The maximum atomic E-state index is 12.3. The molecule has 2 atom stereocenters. The summed E-state index contributed by atoms with van der Waals surface area (Å²) in [4.78, 5) is 14.4. The van der Waals surface area contributed by atoms with E-state index < -0.39 is 0 Å². The van der Waals surface area contributed by atoms with Crippen LogP contribution in [0.2, 0.25) is 0 Å². The molecule has 1 saturated heterocycles. The zero-order chi connectivity index (χ0) is 11.7. The Balaban J connectivity index is 1.88. The number of hydrogen-bond acceptors (Lipinski definition) is 1. The lowest BCUT2D eigenvalue weighted by atomic mass is 9.97. The molecule has 0 bridgehead atoms. The molecule has 0 aromatic carbocycles. The molecule has 1 aliphatic heterocycles. The van der Waals surface area contributed by atoms with Gasteiger partial charge in [-0.1, -0.05) is 20.8 Å². The number of likely N-dealkylation sites (tertiary alicyclic amines) is 1. The molecule has 0 spiro atoms. The van der Waals surface area contributed by atoms with Crippen LogP contribution in [0.3, 0.4) is 0 Å². The number of nitrogens with zero attached hydrogens (tertiary/aromatic N) is 1. The third kappa shape index (κ3) is 2.41. The molecule has 2 aliphatic rings. The highest BCUT2D eigenvalue weighted by Gasteiger charge is 2.35. The SMILES string of the molecule is CC1CCN(C(=O)C2CC(C)C(C)C2)CC1. The van der Waals surface area contributed by atoms with Crippen LogP contribution in [-0.4, -0.2) is 23.9 Å². The molecule has 0 radical (unpaired) electrons. The summed E-state index contributed by atoms with van der Waals surface area (Å²) in [5, 5.41) is 0. The molecule has 2 heteroatoms. The summed E-state index contributed by atoms with van der Waals surface area (Å²) in [7, 11) is 0. The topological polar surface area (TPSA) is 20.3 Å². The highest BCUT2D eigenvalue weighted by atomic mass is 16.2. The van der Waals surface area contributed by atoms with Gasteiger partial charge in [0.1, 0.15) is 0 Å². The van der Waals surface area contributed by atoms with E-state index in [1.165, 1.54) is 12.8 Å². The number of amides is 1. The minimum Gasteiger partial charge on any atom is -0.342 e. The van der Waals surface area contributed by atoms with Crippen LogP contribution in [-0.2, 0) is 4.79 Å². The van der Waals surface area contributed by atoms with Gasteiger partial charge in [-0.05, 0) is 43.4 Å². The normalized spacial score (nSPS) is 36.7. The van der Waals surface area contributed by atoms with Crippen LogP contribution in [0.4, 0.5) is 0 Å². The van der Waals surface area contributed by atoms with Crippen molar-refractivity contribution in [2.45, 2.75) is 46.5 Å². The van der Waals surface area contributed by atoms with Gasteiger partial charge in [-0.15, -0.1) is 0 Å². The first-order valence-corrected chi connectivity index (χ1v) is 6.86. The Kier molecular flexibility index (Phi) is 3.56. The summed E-state index contributed by atoms with van der Waals surface area (Å²) in [6, 6.07) is 0. The van der Waals surface area contributed by atoms with Crippen molar-refractivity contribution in [3.63, 3.8) is 0 Å². The van der Waals surface area contributed by atoms with Gasteiger partial charge in [-0.3, -0.25) is 4.79 Å². The molecule has 92 valence electrons. The molecule has 0 N–H and O–H groups in total. The van der Waals surface area contributed by atoms with Crippen LogP contribution in [0.15, 0.2) is 0 Å². The predicted molar refractivity (Wildman–Crippen MR) is 66.0 cm³/mol. The van der Waals surface area contributed by atoms with Gasteiger partial charge in [0.25, 0.3) is 0 Å². The molecule has 2 rings (SSSR count). The molecule has 1 amide bonds. The van der Waals surface area contributed by atoms with Crippen molar-refractivity contribution >= 4 is 5.91 Å². The molecule has 2 unspecified atom stereocenters. The second kappa shape index (κ2) is 4.77. The van der Waals surface area contributed by atoms with E-state index in [-0.39, 0.29) is 0 Å². The summed E-state index contributed by atoms with van der Waals surface area (Å²) in [5.74, 6) is 3.06. The minimum atomic E-state index is 0.332. The summed E-state index contributed by atoms with van der Waals surface area (Å²) < 4.78 is 0. The summed E-state index contributed by atoms with van der Waals surface area (Å²) in [5.41, 5.74) is 0. The Bertz CT molecular complexity index is 245. The van der Waals surface area contributed by atoms with E-state index in [2.05, 4.69) is 25.7 Å². The van der Waals surface area contributed by atoms with Gasteiger partial charge in [0.05, 0.1) is 0 Å². The first-order chi connectivity index (χ1) is 7.58. The van der Waals surface area contributed by atoms with Gasteiger partial charge in [0, 0.05) is 19.0 Å². The van der Waals surface area contributed by atoms with Crippen molar-refractivity contribution in [3.05, 3.63) is 0 Å². The van der Waals surface area contributed by atoms with Crippen LogP contribution in [0, 0.1) is 23.7 Å². The molecular weight excluding hydrogens is 198 g/mol. The molecule has 0 aromatic rings. The van der Waals surface area contributed by atoms with Gasteiger partial charge in [-0.25, -0.2) is 0 Å². The molecule has 16 heavy (non-hydrogen) atoms. The van der Waals surface area contributed by atoms with Gasteiger partial charge in [0.2, 0.25) is 5.91 Å². The lowest BCUT2D eigenvalue weighted by Crippen LogP contribution is -2.40. The van der Waals surface area contributed by atoms with Gasteiger partial charge >= 0.3 is 0 Å². The Morgan fingerprint density at radius 2 is 1.50 bits per heavy atom. The first-order valence-electron chi connectivity index (χ1n) is 6.86. The first kappa shape index (κ1) is 11.9. The summed E-state index contributed by atoms with van der Waals surface area (Å²) in [6.07, 6.45) is 4.63. The average Bonchev–Trinajstić information content (AvgIpc) is 2.59. The number of rotatable bonds is 1. The third-order valence-corrected chi connectivity index (χ3v) is 4.73. The van der Waals surface area contributed by atoms with Crippen LogP contribution in [0.1, 0.15) is 46.5 Å². The Labute approximate surface area is 99.4 Å². The zero-order valence-corrected chi connectivity index (χ0v) is 10.9. The fraction of sp³-hybridized carbons (Fsp3) is 0.929. The smallest absolute Gasteiger partial charge is 0.225 e. The second-order valence-corrected chi connectivity index (χ2v) is 6.13. The molecule has 1 heterocycles. The molecule has 2 nitrogen and oxygen atoms in total. The van der Waals surface area contributed by atoms with Crippen molar-refractivity contribution in [1.82, 2.24) is 4.90 Å². The van der Waals surface area contributed by atoms with Crippen molar-refractivity contribution in [2.75, 3.05) is 13.1 Å². The fourth-order valence-electron chi connectivity index (χ4n) is 3.15. The highest BCUT2D eigenvalue weighted by Crippen LogP contribution is 2.37. The molecular formula is C14H25NO. The Morgan fingerprint density at radius 3 is 2.00 bits per heavy atom. The second-order valence-electron chi connectivity index (χ2n) is 6.13. The van der Waals surface area contributed by atoms with E-state index in [0.29, 0.717) is 11.8 Å². The van der Waals surface area contributed by atoms with E-state index in [9.17, 15) is 4.79 Å². The Morgan fingerprint density at radius 1 is 1.00 bits per heavy atom. The molecule has 0 aromatic heterocycles. The maximum absolute atomic E-state index is 12.3. The van der Waals surface area contributed by atoms with E-state index >= 15 is 0 Å². The van der Waals surface area contributed by atoms with E-state index in [1.54, 1.807) is 0 Å². The van der Waals surface area contributed by atoms with Gasteiger partial charge in [-0.2, -0.15) is 0 Å². The number of piperidine rings is 1. The molecule has 1 saturated carbocycles. The molecule has 1 aliphatic carbocycles. The summed E-state index contributed by atoms with van der Waals surface area (Å²) >= 11 is 0. The van der Waals surface area contributed by atoms with E-state index in [1.807, 2.05) is 0 Å². The van der Waals surface area contributed by atoms with Gasteiger partial charge < -0.3 is 4.90 Å². The third-order valence-electron chi connectivity index (χ3n) is 4.73. The number of carbonyl (C=O) groups excluding carboxylic acids is 1. The number of hydrogen-bond donors (Lipinski definition) is 0. The maximum Gasteiger partial charge on any atom is 0.225 e. The quantitative estimate of drug-likeness (QED) is 0.669. The fourth-order valence-corrected chi connectivity index (χ4v) is 3.15. The lowest BCUT2D eigenvalue weighted by Gasteiger charge is -2.32. The van der Waals surface area contributed by atoms with Crippen molar-refractivity contribution in [3.8, 4) is 0 Å². The van der Waals surface area contributed by atoms with Crippen LogP contribution in [0.25, 0.3) is 0 Å².